The fourth-order valence-corrected chi connectivity index (χ4v) is 1.80. The molecule has 0 fully saturated rings. The highest BCUT2D eigenvalue weighted by atomic mass is 14.6. The first-order valence-electron chi connectivity index (χ1n) is 5.16. The van der Waals surface area contributed by atoms with Crippen LogP contribution in [0.15, 0.2) is 6.07 Å². The Bertz CT molecular complexity index is 341. The predicted molar refractivity (Wildman–Crippen MR) is 63.5 cm³/mol. The number of aryl methyl sites for hydroxylation is 1. The van der Waals surface area contributed by atoms with Gasteiger partial charge in [0.1, 0.15) is 0 Å². The molecule has 14 heavy (non-hydrogen) atoms. The van der Waals surface area contributed by atoms with Crippen molar-refractivity contribution in [3.63, 3.8) is 0 Å². The first-order valence-corrected chi connectivity index (χ1v) is 5.16. The van der Waals surface area contributed by atoms with Crippen LogP contribution in [0.5, 0.6) is 0 Å². The van der Waals surface area contributed by atoms with E-state index in [2.05, 4.69) is 26.8 Å². The summed E-state index contributed by atoms with van der Waals surface area (Å²) in [6.07, 6.45) is 0.902. The highest BCUT2D eigenvalue weighted by Gasteiger charge is 2.12. The van der Waals surface area contributed by atoms with Crippen LogP contribution in [0.25, 0.3) is 0 Å². The van der Waals surface area contributed by atoms with Crippen molar-refractivity contribution < 1.29 is 0 Å². The predicted octanol–water partition coefficient (Wildman–Crippen LogP) is 2.85. The second kappa shape index (κ2) is 3.91. The number of anilines is 2. The Balaban J connectivity index is 3.42. The minimum Gasteiger partial charge on any atom is -0.398 e. The van der Waals surface area contributed by atoms with Crippen molar-refractivity contribution in [2.24, 2.45) is 0 Å². The topological polar surface area (TPSA) is 52.0 Å². The molecule has 2 heteroatoms. The molecule has 1 rings (SSSR count). The van der Waals surface area contributed by atoms with Gasteiger partial charge in [-0.15, -0.1) is 0 Å². The molecule has 4 N–H and O–H groups in total. The number of hydrogen-bond acceptors (Lipinski definition) is 2. The van der Waals surface area contributed by atoms with Gasteiger partial charge >= 0.3 is 0 Å². The Morgan fingerprint density at radius 2 is 1.79 bits per heavy atom. The SMILES string of the molecule is CCc1c(N)c(C)cc(C(C)C)c1N. The number of nitrogens with two attached hydrogens (primary N) is 2. The van der Waals surface area contributed by atoms with Crippen LogP contribution in [0.3, 0.4) is 0 Å². The summed E-state index contributed by atoms with van der Waals surface area (Å²) in [5.41, 5.74) is 17.3. The third-order valence-electron chi connectivity index (χ3n) is 2.73. The summed E-state index contributed by atoms with van der Waals surface area (Å²) < 4.78 is 0. The zero-order chi connectivity index (χ0) is 10.9. The molecule has 0 aliphatic rings. The van der Waals surface area contributed by atoms with Gasteiger partial charge in [-0.2, -0.15) is 0 Å². The van der Waals surface area contributed by atoms with E-state index >= 15 is 0 Å². The van der Waals surface area contributed by atoms with Gasteiger partial charge in [0.05, 0.1) is 0 Å². The van der Waals surface area contributed by atoms with Gasteiger partial charge in [-0.25, -0.2) is 0 Å². The number of hydrogen-bond donors (Lipinski definition) is 2. The van der Waals surface area contributed by atoms with Crippen LogP contribution < -0.4 is 11.5 Å². The van der Waals surface area contributed by atoms with Crippen molar-refractivity contribution in [3.05, 3.63) is 22.8 Å². The number of nitrogen functional groups attached to an aromatic ring is 2. The molecular weight excluding hydrogens is 172 g/mol. The summed E-state index contributed by atoms with van der Waals surface area (Å²) in [5.74, 6) is 0.458. The molecule has 0 aliphatic heterocycles. The Labute approximate surface area is 86.3 Å². The number of benzene rings is 1. The molecule has 1 aromatic carbocycles. The maximum absolute atomic E-state index is 6.08. The van der Waals surface area contributed by atoms with Gasteiger partial charge in [-0.3, -0.25) is 0 Å². The van der Waals surface area contributed by atoms with E-state index in [0.29, 0.717) is 5.92 Å². The van der Waals surface area contributed by atoms with Crippen LogP contribution in [0.2, 0.25) is 0 Å². The fourth-order valence-electron chi connectivity index (χ4n) is 1.80. The van der Waals surface area contributed by atoms with E-state index in [1.807, 2.05) is 6.92 Å². The molecule has 2 nitrogen and oxygen atoms in total. The second-order valence-corrected chi connectivity index (χ2v) is 4.10. The quantitative estimate of drug-likeness (QED) is 0.708. The third kappa shape index (κ3) is 1.69. The van der Waals surface area contributed by atoms with E-state index in [9.17, 15) is 0 Å². The van der Waals surface area contributed by atoms with E-state index in [1.54, 1.807) is 0 Å². The minimum atomic E-state index is 0.458. The Morgan fingerprint density at radius 3 is 2.21 bits per heavy atom. The lowest BCUT2D eigenvalue weighted by Gasteiger charge is -2.17. The minimum absolute atomic E-state index is 0.458. The molecule has 0 unspecified atom stereocenters. The highest BCUT2D eigenvalue weighted by molar-refractivity contribution is 5.69. The molecule has 78 valence electrons. The van der Waals surface area contributed by atoms with Crippen molar-refractivity contribution in [2.75, 3.05) is 11.5 Å². The van der Waals surface area contributed by atoms with Gasteiger partial charge in [0.25, 0.3) is 0 Å². The van der Waals surface area contributed by atoms with Crippen LogP contribution in [0, 0.1) is 6.92 Å². The van der Waals surface area contributed by atoms with Gasteiger partial charge in [0.15, 0.2) is 0 Å². The Hall–Kier alpha value is -1.18. The van der Waals surface area contributed by atoms with Gasteiger partial charge in [-0.1, -0.05) is 26.8 Å². The maximum atomic E-state index is 6.08. The van der Waals surface area contributed by atoms with Gasteiger partial charge in [-0.05, 0) is 36.0 Å². The molecule has 0 saturated heterocycles. The molecule has 0 radical (unpaired) electrons. The van der Waals surface area contributed by atoms with E-state index in [1.165, 1.54) is 5.56 Å². The van der Waals surface area contributed by atoms with Gasteiger partial charge < -0.3 is 11.5 Å². The maximum Gasteiger partial charge on any atom is 0.0402 e. The largest absolute Gasteiger partial charge is 0.398 e. The zero-order valence-electron chi connectivity index (χ0n) is 9.52. The first-order chi connectivity index (χ1) is 6.49. The monoisotopic (exact) mass is 192 g/mol. The summed E-state index contributed by atoms with van der Waals surface area (Å²) in [7, 11) is 0. The van der Waals surface area contributed by atoms with Crippen molar-refractivity contribution >= 4 is 11.4 Å². The normalized spacial score (nSPS) is 10.9. The molecule has 0 heterocycles. The lowest BCUT2D eigenvalue weighted by Crippen LogP contribution is -2.06. The summed E-state index contributed by atoms with van der Waals surface area (Å²) in [4.78, 5) is 0. The van der Waals surface area contributed by atoms with Crippen LogP contribution in [-0.4, -0.2) is 0 Å². The van der Waals surface area contributed by atoms with Crippen LogP contribution >= 0.6 is 0 Å². The smallest absolute Gasteiger partial charge is 0.0402 e. The fraction of sp³-hybridized carbons (Fsp3) is 0.500. The van der Waals surface area contributed by atoms with E-state index in [-0.39, 0.29) is 0 Å². The summed E-state index contributed by atoms with van der Waals surface area (Å²) in [6, 6.07) is 2.11. The Kier molecular flexibility index (Phi) is 3.04. The van der Waals surface area contributed by atoms with E-state index in [4.69, 9.17) is 11.5 Å². The van der Waals surface area contributed by atoms with Crippen molar-refractivity contribution in [1.29, 1.82) is 0 Å². The zero-order valence-corrected chi connectivity index (χ0v) is 9.52. The van der Waals surface area contributed by atoms with Crippen LogP contribution in [0.1, 0.15) is 43.4 Å². The molecule has 0 aromatic heterocycles. The summed E-state index contributed by atoms with van der Waals surface area (Å²) in [5, 5.41) is 0. The van der Waals surface area contributed by atoms with Crippen molar-refractivity contribution in [2.45, 2.75) is 40.0 Å². The summed E-state index contributed by atoms with van der Waals surface area (Å²) >= 11 is 0. The summed E-state index contributed by atoms with van der Waals surface area (Å²) in [6.45, 7) is 8.44. The highest BCUT2D eigenvalue weighted by Crippen LogP contribution is 2.32. The van der Waals surface area contributed by atoms with E-state index < -0.39 is 0 Å². The van der Waals surface area contributed by atoms with Gasteiger partial charge in [0.2, 0.25) is 0 Å². The molecular formula is C12H20N2. The lowest BCUT2D eigenvalue weighted by atomic mass is 9.93. The second-order valence-electron chi connectivity index (χ2n) is 4.10. The molecule has 1 aromatic rings. The molecule has 0 spiro atoms. The first kappa shape index (κ1) is 10.9. The number of rotatable bonds is 2. The van der Waals surface area contributed by atoms with E-state index in [0.717, 1.165) is 28.9 Å². The van der Waals surface area contributed by atoms with Gasteiger partial charge in [0, 0.05) is 11.4 Å². The van der Waals surface area contributed by atoms with Crippen LogP contribution in [0.4, 0.5) is 11.4 Å². The molecule has 0 aliphatic carbocycles. The molecule has 0 atom stereocenters. The Morgan fingerprint density at radius 1 is 1.21 bits per heavy atom. The van der Waals surface area contributed by atoms with Crippen LogP contribution in [-0.2, 0) is 6.42 Å². The molecule has 0 saturated carbocycles. The average Bonchev–Trinajstić information content (AvgIpc) is 2.12. The standard InChI is InChI=1S/C12H20N2/c1-5-9-11(13)8(4)6-10(7(2)3)12(9)14/h6-7H,5,13-14H2,1-4H3. The molecule has 0 amide bonds. The van der Waals surface area contributed by atoms with Crippen molar-refractivity contribution in [3.8, 4) is 0 Å². The lowest BCUT2D eigenvalue weighted by molar-refractivity contribution is 0.865. The van der Waals surface area contributed by atoms with Crippen molar-refractivity contribution in [1.82, 2.24) is 0 Å². The average molecular weight is 192 g/mol. The molecule has 0 bridgehead atoms. The third-order valence-corrected chi connectivity index (χ3v) is 2.73.